The summed E-state index contributed by atoms with van der Waals surface area (Å²) >= 11 is 0. The Bertz CT molecular complexity index is 540. The molecular weight excluding hydrogens is 260 g/mol. The van der Waals surface area contributed by atoms with Crippen molar-refractivity contribution < 1.29 is 4.74 Å². The second kappa shape index (κ2) is 8.42. The molecule has 0 saturated heterocycles. The topological polar surface area (TPSA) is 34.1 Å². The molecule has 1 aromatic carbocycles. The largest absolute Gasteiger partial charge is 0.478 e. The third-order valence-corrected chi connectivity index (χ3v) is 3.36. The molecule has 0 bridgehead atoms. The number of aryl methyl sites for hydroxylation is 2. The number of ether oxygens (including phenoxy) is 1. The Hall–Kier alpha value is -1.87. The Morgan fingerprint density at radius 2 is 1.90 bits per heavy atom. The number of rotatable bonds is 8. The summed E-state index contributed by atoms with van der Waals surface area (Å²) in [5.41, 5.74) is 3.66. The molecule has 1 N–H and O–H groups in total. The van der Waals surface area contributed by atoms with E-state index in [1.54, 1.807) is 0 Å². The molecule has 0 saturated carbocycles. The molecule has 0 atom stereocenters. The van der Waals surface area contributed by atoms with Crippen molar-refractivity contribution in [3.63, 3.8) is 0 Å². The average Bonchev–Trinajstić information content (AvgIpc) is 2.53. The number of nitrogens with zero attached hydrogens (tertiary/aromatic N) is 1. The molecule has 21 heavy (non-hydrogen) atoms. The van der Waals surface area contributed by atoms with E-state index in [2.05, 4.69) is 47.6 Å². The van der Waals surface area contributed by atoms with Gasteiger partial charge in [-0.1, -0.05) is 37.3 Å². The second-order valence-corrected chi connectivity index (χ2v) is 5.13. The van der Waals surface area contributed by atoms with Crippen LogP contribution < -0.4 is 10.1 Å². The lowest BCUT2D eigenvalue weighted by atomic mass is 10.1. The van der Waals surface area contributed by atoms with Gasteiger partial charge in [-0.15, -0.1) is 0 Å². The van der Waals surface area contributed by atoms with Crippen LogP contribution in [0.4, 0.5) is 0 Å². The highest BCUT2D eigenvalue weighted by Gasteiger charge is 2.03. The maximum Gasteiger partial charge on any atom is 0.213 e. The molecule has 112 valence electrons. The number of aromatic nitrogens is 1. The number of hydrogen-bond donors (Lipinski definition) is 1. The van der Waals surface area contributed by atoms with Crippen LogP contribution in [0.2, 0.25) is 0 Å². The molecule has 3 heteroatoms. The van der Waals surface area contributed by atoms with Crippen LogP contribution in [0.25, 0.3) is 0 Å². The summed E-state index contributed by atoms with van der Waals surface area (Å²) in [6.45, 7) is 3.66. The van der Waals surface area contributed by atoms with Crippen molar-refractivity contribution in [2.75, 3.05) is 13.7 Å². The van der Waals surface area contributed by atoms with Crippen molar-refractivity contribution in [2.24, 2.45) is 0 Å². The molecule has 2 aromatic rings. The number of hydrogen-bond acceptors (Lipinski definition) is 3. The summed E-state index contributed by atoms with van der Waals surface area (Å²) < 4.78 is 5.82. The summed E-state index contributed by atoms with van der Waals surface area (Å²) in [5, 5.41) is 3.17. The predicted octanol–water partition coefficient (Wildman–Crippen LogP) is 3.38. The minimum Gasteiger partial charge on any atom is -0.478 e. The highest BCUT2D eigenvalue weighted by molar-refractivity contribution is 5.25. The Labute approximate surface area is 127 Å². The molecule has 0 unspecified atom stereocenters. The van der Waals surface area contributed by atoms with E-state index in [0.29, 0.717) is 6.61 Å². The predicted molar refractivity (Wildman–Crippen MR) is 86.6 cm³/mol. The molecule has 0 radical (unpaired) electrons. The lowest BCUT2D eigenvalue weighted by Crippen LogP contribution is -2.08. The molecule has 0 amide bonds. The number of benzene rings is 1. The molecule has 0 aliphatic rings. The van der Waals surface area contributed by atoms with Crippen molar-refractivity contribution in [1.29, 1.82) is 0 Å². The fourth-order valence-corrected chi connectivity index (χ4v) is 2.28. The van der Waals surface area contributed by atoms with E-state index < -0.39 is 0 Å². The first-order valence-corrected chi connectivity index (χ1v) is 7.63. The van der Waals surface area contributed by atoms with Gasteiger partial charge in [-0.05, 0) is 43.5 Å². The smallest absolute Gasteiger partial charge is 0.213 e. The lowest BCUT2D eigenvalue weighted by Gasteiger charge is -2.09. The lowest BCUT2D eigenvalue weighted by molar-refractivity contribution is 0.298. The third kappa shape index (κ3) is 5.20. The van der Waals surface area contributed by atoms with E-state index in [-0.39, 0.29) is 0 Å². The van der Waals surface area contributed by atoms with Crippen LogP contribution >= 0.6 is 0 Å². The van der Waals surface area contributed by atoms with E-state index in [4.69, 9.17) is 4.74 Å². The van der Waals surface area contributed by atoms with Gasteiger partial charge in [-0.25, -0.2) is 4.98 Å². The van der Waals surface area contributed by atoms with Gasteiger partial charge in [-0.2, -0.15) is 0 Å². The third-order valence-electron chi connectivity index (χ3n) is 3.36. The number of nitrogens with one attached hydrogen (secondary N) is 1. The summed E-state index contributed by atoms with van der Waals surface area (Å²) in [5.74, 6) is 0.743. The quantitative estimate of drug-likeness (QED) is 0.755. The first-order chi connectivity index (χ1) is 10.3. The molecular formula is C18H24N2O. The van der Waals surface area contributed by atoms with Crippen molar-refractivity contribution >= 4 is 0 Å². The van der Waals surface area contributed by atoms with E-state index in [1.165, 1.54) is 11.1 Å². The van der Waals surface area contributed by atoms with Crippen LogP contribution in [-0.4, -0.2) is 18.6 Å². The zero-order valence-electron chi connectivity index (χ0n) is 12.9. The van der Waals surface area contributed by atoms with Crippen molar-refractivity contribution in [3.05, 3.63) is 59.3 Å². The fraction of sp³-hybridized carbons (Fsp3) is 0.389. The van der Waals surface area contributed by atoms with Gasteiger partial charge in [0.05, 0.1) is 6.61 Å². The van der Waals surface area contributed by atoms with Gasteiger partial charge >= 0.3 is 0 Å². The van der Waals surface area contributed by atoms with E-state index in [1.807, 2.05) is 19.2 Å². The molecule has 0 fully saturated rings. The Morgan fingerprint density at radius 1 is 1.10 bits per heavy atom. The zero-order valence-corrected chi connectivity index (χ0v) is 12.9. The highest BCUT2D eigenvalue weighted by Crippen LogP contribution is 2.14. The first-order valence-electron chi connectivity index (χ1n) is 7.63. The van der Waals surface area contributed by atoms with Gasteiger partial charge in [-0.3, -0.25) is 0 Å². The fourth-order valence-electron chi connectivity index (χ4n) is 2.28. The molecule has 0 aliphatic heterocycles. The van der Waals surface area contributed by atoms with Crippen LogP contribution in [-0.2, 0) is 19.4 Å². The monoisotopic (exact) mass is 284 g/mol. The van der Waals surface area contributed by atoms with Crippen molar-refractivity contribution in [3.8, 4) is 5.88 Å². The van der Waals surface area contributed by atoms with E-state index in [0.717, 1.165) is 37.4 Å². The molecule has 0 spiro atoms. The molecule has 0 aliphatic carbocycles. The Morgan fingerprint density at radius 3 is 2.62 bits per heavy atom. The minimum absolute atomic E-state index is 0.702. The normalized spacial score (nSPS) is 10.6. The van der Waals surface area contributed by atoms with Gasteiger partial charge in [0.25, 0.3) is 0 Å². The molecule has 3 nitrogen and oxygen atoms in total. The standard InChI is InChI=1S/C18H24N2O/c1-3-17-12-16(14-19-2)13-18(20-17)21-11-7-10-15-8-5-4-6-9-15/h4-6,8-9,12-13,19H,3,7,10-11,14H2,1-2H3. The SMILES string of the molecule is CCc1cc(CNC)cc(OCCCc2ccccc2)n1. The van der Waals surface area contributed by atoms with E-state index in [9.17, 15) is 0 Å². The van der Waals surface area contributed by atoms with Gasteiger partial charge in [0.2, 0.25) is 5.88 Å². The van der Waals surface area contributed by atoms with Crippen LogP contribution in [0.1, 0.15) is 30.2 Å². The minimum atomic E-state index is 0.702. The van der Waals surface area contributed by atoms with Gasteiger partial charge < -0.3 is 10.1 Å². The summed E-state index contributed by atoms with van der Waals surface area (Å²) in [6, 6.07) is 14.7. The zero-order chi connectivity index (χ0) is 14.9. The van der Waals surface area contributed by atoms with Crippen LogP contribution in [0.5, 0.6) is 5.88 Å². The number of pyridine rings is 1. The average molecular weight is 284 g/mol. The van der Waals surface area contributed by atoms with Gasteiger partial charge in [0.15, 0.2) is 0 Å². The Kier molecular flexibility index (Phi) is 6.22. The molecule has 1 heterocycles. The second-order valence-electron chi connectivity index (χ2n) is 5.13. The maximum absolute atomic E-state index is 5.82. The summed E-state index contributed by atoms with van der Waals surface area (Å²) in [6.07, 6.45) is 2.97. The molecule has 2 rings (SSSR count). The van der Waals surface area contributed by atoms with Crippen molar-refractivity contribution in [2.45, 2.75) is 32.7 Å². The van der Waals surface area contributed by atoms with Gasteiger partial charge in [0, 0.05) is 18.3 Å². The molecule has 1 aromatic heterocycles. The highest BCUT2D eigenvalue weighted by atomic mass is 16.5. The van der Waals surface area contributed by atoms with Crippen LogP contribution in [0.3, 0.4) is 0 Å². The van der Waals surface area contributed by atoms with E-state index >= 15 is 0 Å². The van der Waals surface area contributed by atoms with Crippen molar-refractivity contribution in [1.82, 2.24) is 10.3 Å². The van der Waals surface area contributed by atoms with Crippen LogP contribution in [0.15, 0.2) is 42.5 Å². The van der Waals surface area contributed by atoms with Crippen LogP contribution in [0, 0.1) is 0 Å². The van der Waals surface area contributed by atoms with Gasteiger partial charge in [0.1, 0.15) is 0 Å². The summed E-state index contributed by atoms with van der Waals surface area (Å²) in [7, 11) is 1.95. The maximum atomic E-state index is 5.82. The summed E-state index contributed by atoms with van der Waals surface area (Å²) in [4.78, 5) is 4.53. The first kappa shape index (κ1) is 15.5. The Balaban J connectivity index is 1.86.